The molecule has 0 aliphatic heterocycles. The van der Waals surface area contributed by atoms with Crippen LogP contribution >= 0.6 is 0 Å². The molecule has 0 amide bonds. The van der Waals surface area contributed by atoms with E-state index in [2.05, 4.69) is 29.3 Å². The van der Waals surface area contributed by atoms with Crippen molar-refractivity contribution in [2.75, 3.05) is 0 Å². The zero-order valence-corrected chi connectivity index (χ0v) is 11.5. The predicted octanol–water partition coefficient (Wildman–Crippen LogP) is 4.23. The van der Waals surface area contributed by atoms with E-state index in [1.165, 1.54) is 17.7 Å². The molecule has 2 rings (SSSR count). The van der Waals surface area contributed by atoms with Crippen LogP contribution in [0.3, 0.4) is 0 Å². The minimum Gasteiger partial charge on any atom is -0.207 e. The average molecular weight is 268 g/mol. The van der Waals surface area contributed by atoms with Crippen LogP contribution in [0.4, 0.5) is 4.39 Å². The van der Waals surface area contributed by atoms with Crippen LogP contribution in [0.1, 0.15) is 30.0 Å². The summed E-state index contributed by atoms with van der Waals surface area (Å²) in [6, 6.07) is 14.4. The highest BCUT2D eigenvalue weighted by atomic mass is 19.1. The second-order valence-corrected chi connectivity index (χ2v) is 4.53. The number of rotatable bonds is 5. The Morgan fingerprint density at radius 2 is 1.35 bits per heavy atom. The molecule has 0 aliphatic rings. The molecule has 0 heterocycles. The molecule has 0 fully saturated rings. The van der Waals surface area contributed by atoms with Crippen molar-refractivity contribution in [3.05, 3.63) is 71.0 Å². The standard InChI is InChI=1S/C17H17FN2/c1-2-3-14-4-6-15(7-5-14)12-19-20-13-16-8-10-17(18)11-9-16/h4-13H,2-3H2,1H3. The maximum atomic E-state index is 12.7. The van der Waals surface area contributed by atoms with Gasteiger partial charge in [0.05, 0.1) is 12.4 Å². The fourth-order valence-electron chi connectivity index (χ4n) is 1.81. The molecular weight excluding hydrogens is 251 g/mol. The van der Waals surface area contributed by atoms with Gasteiger partial charge in [-0.3, -0.25) is 0 Å². The van der Waals surface area contributed by atoms with Crippen LogP contribution in [0.5, 0.6) is 0 Å². The predicted molar refractivity (Wildman–Crippen MR) is 82.0 cm³/mol. The number of hydrogen-bond donors (Lipinski definition) is 0. The lowest BCUT2D eigenvalue weighted by molar-refractivity contribution is 0.628. The summed E-state index contributed by atoms with van der Waals surface area (Å²) in [5, 5.41) is 7.93. The van der Waals surface area contributed by atoms with Gasteiger partial charge >= 0.3 is 0 Å². The van der Waals surface area contributed by atoms with Crippen molar-refractivity contribution in [3.63, 3.8) is 0 Å². The van der Waals surface area contributed by atoms with Crippen molar-refractivity contribution in [2.24, 2.45) is 10.2 Å². The monoisotopic (exact) mass is 268 g/mol. The first kappa shape index (κ1) is 14.1. The summed E-state index contributed by atoms with van der Waals surface area (Å²) in [5.74, 6) is -0.252. The highest BCUT2D eigenvalue weighted by Gasteiger charge is 1.91. The number of nitrogens with zero attached hydrogens (tertiary/aromatic N) is 2. The molecule has 2 aromatic rings. The third-order valence-corrected chi connectivity index (χ3v) is 2.87. The molecule has 0 spiro atoms. The Morgan fingerprint density at radius 3 is 1.85 bits per heavy atom. The first-order valence-corrected chi connectivity index (χ1v) is 6.69. The lowest BCUT2D eigenvalue weighted by Crippen LogP contribution is -1.85. The summed E-state index contributed by atoms with van der Waals surface area (Å²) >= 11 is 0. The lowest BCUT2D eigenvalue weighted by Gasteiger charge is -1.97. The van der Waals surface area contributed by atoms with Gasteiger partial charge in [-0.05, 0) is 35.2 Å². The first-order valence-electron chi connectivity index (χ1n) is 6.69. The second kappa shape index (κ2) is 7.34. The Bertz CT molecular complexity index is 583. The third kappa shape index (κ3) is 4.43. The van der Waals surface area contributed by atoms with Crippen molar-refractivity contribution < 1.29 is 4.39 Å². The SMILES string of the molecule is CCCc1ccc(C=NN=Cc2ccc(F)cc2)cc1. The van der Waals surface area contributed by atoms with E-state index < -0.39 is 0 Å². The van der Waals surface area contributed by atoms with Gasteiger partial charge in [0.25, 0.3) is 0 Å². The van der Waals surface area contributed by atoms with E-state index in [1.807, 2.05) is 12.1 Å². The van der Waals surface area contributed by atoms with E-state index in [1.54, 1.807) is 24.6 Å². The molecule has 0 saturated carbocycles. The van der Waals surface area contributed by atoms with Crippen LogP contribution in [0.15, 0.2) is 58.7 Å². The van der Waals surface area contributed by atoms with Crippen molar-refractivity contribution in [1.82, 2.24) is 0 Å². The quantitative estimate of drug-likeness (QED) is 0.572. The van der Waals surface area contributed by atoms with E-state index in [0.29, 0.717) is 0 Å². The normalized spacial score (nSPS) is 11.5. The van der Waals surface area contributed by atoms with Crippen molar-refractivity contribution >= 4 is 12.4 Å². The molecule has 0 radical (unpaired) electrons. The van der Waals surface area contributed by atoms with Crippen LogP contribution in [0.2, 0.25) is 0 Å². The Balaban J connectivity index is 1.94. The number of hydrogen-bond acceptors (Lipinski definition) is 2. The van der Waals surface area contributed by atoms with E-state index in [-0.39, 0.29) is 5.82 Å². The maximum Gasteiger partial charge on any atom is 0.123 e. The Hall–Kier alpha value is -2.29. The van der Waals surface area contributed by atoms with Gasteiger partial charge in [0.2, 0.25) is 0 Å². The zero-order chi connectivity index (χ0) is 14.2. The van der Waals surface area contributed by atoms with Crippen LogP contribution in [0, 0.1) is 5.82 Å². The topological polar surface area (TPSA) is 24.7 Å². The summed E-state index contributed by atoms with van der Waals surface area (Å²) < 4.78 is 12.7. The Kier molecular flexibility index (Phi) is 5.18. The molecule has 102 valence electrons. The van der Waals surface area contributed by atoms with E-state index >= 15 is 0 Å². The number of halogens is 1. The average Bonchev–Trinajstić information content (AvgIpc) is 2.47. The fourth-order valence-corrected chi connectivity index (χ4v) is 1.81. The van der Waals surface area contributed by atoms with E-state index in [9.17, 15) is 4.39 Å². The van der Waals surface area contributed by atoms with Gasteiger partial charge in [0, 0.05) is 0 Å². The van der Waals surface area contributed by atoms with Crippen LogP contribution < -0.4 is 0 Å². The van der Waals surface area contributed by atoms with Gasteiger partial charge in [0.15, 0.2) is 0 Å². The highest BCUT2D eigenvalue weighted by Crippen LogP contribution is 2.05. The van der Waals surface area contributed by atoms with Gasteiger partial charge in [-0.25, -0.2) is 4.39 Å². The smallest absolute Gasteiger partial charge is 0.123 e. The Labute approximate surface area is 118 Å². The van der Waals surface area contributed by atoms with Gasteiger partial charge in [-0.15, -0.1) is 0 Å². The largest absolute Gasteiger partial charge is 0.207 e. The molecule has 0 N–H and O–H groups in total. The molecule has 0 aliphatic carbocycles. The first-order chi connectivity index (χ1) is 9.78. The molecule has 20 heavy (non-hydrogen) atoms. The van der Waals surface area contributed by atoms with Crippen molar-refractivity contribution in [1.29, 1.82) is 0 Å². The van der Waals surface area contributed by atoms with Crippen molar-refractivity contribution in [2.45, 2.75) is 19.8 Å². The van der Waals surface area contributed by atoms with Crippen LogP contribution in [-0.2, 0) is 6.42 Å². The van der Waals surface area contributed by atoms with Gasteiger partial charge in [-0.2, -0.15) is 10.2 Å². The third-order valence-electron chi connectivity index (χ3n) is 2.87. The molecule has 0 bridgehead atoms. The number of benzene rings is 2. The molecule has 0 saturated heterocycles. The molecular formula is C17H17FN2. The molecule has 0 aromatic heterocycles. The number of aryl methyl sites for hydroxylation is 1. The molecule has 2 nitrogen and oxygen atoms in total. The maximum absolute atomic E-state index is 12.7. The minimum atomic E-state index is -0.252. The van der Waals surface area contributed by atoms with Crippen LogP contribution in [-0.4, -0.2) is 12.4 Å². The van der Waals surface area contributed by atoms with Gasteiger partial charge in [-0.1, -0.05) is 49.7 Å². The summed E-state index contributed by atoms with van der Waals surface area (Å²) in [7, 11) is 0. The van der Waals surface area contributed by atoms with Gasteiger partial charge in [0.1, 0.15) is 5.82 Å². The molecule has 2 aromatic carbocycles. The lowest BCUT2D eigenvalue weighted by atomic mass is 10.1. The summed E-state index contributed by atoms with van der Waals surface area (Å²) in [4.78, 5) is 0. The fraction of sp³-hybridized carbons (Fsp3) is 0.176. The van der Waals surface area contributed by atoms with Crippen molar-refractivity contribution in [3.8, 4) is 0 Å². The van der Waals surface area contributed by atoms with E-state index in [4.69, 9.17) is 0 Å². The molecule has 3 heteroatoms. The second-order valence-electron chi connectivity index (χ2n) is 4.53. The zero-order valence-electron chi connectivity index (χ0n) is 11.5. The highest BCUT2D eigenvalue weighted by molar-refractivity contribution is 5.82. The summed E-state index contributed by atoms with van der Waals surface area (Å²) in [5.41, 5.74) is 3.17. The summed E-state index contributed by atoms with van der Waals surface area (Å²) in [6.45, 7) is 2.17. The molecule has 0 unspecified atom stereocenters. The minimum absolute atomic E-state index is 0.252. The molecule has 0 atom stereocenters. The van der Waals surface area contributed by atoms with Crippen LogP contribution in [0.25, 0.3) is 0 Å². The van der Waals surface area contributed by atoms with E-state index in [0.717, 1.165) is 24.0 Å². The Morgan fingerprint density at radius 1 is 0.850 bits per heavy atom. The van der Waals surface area contributed by atoms with Gasteiger partial charge < -0.3 is 0 Å². The summed E-state index contributed by atoms with van der Waals surface area (Å²) in [6.07, 6.45) is 5.55.